The number of anilines is 1. The highest BCUT2D eigenvalue weighted by molar-refractivity contribution is 5.82. The molecule has 0 aliphatic rings. The summed E-state index contributed by atoms with van der Waals surface area (Å²) < 4.78 is 39.3. The van der Waals surface area contributed by atoms with Crippen molar-refractivity contribution in [3.8, 4) is 11.3 Å². The van der Waals surface area contributed by atoms with E-state index in [1.807, 2.05) is 0 Å². The molecule has 0 saturated carbocycles. The fraction of sp³-hybridized carbons (Fsp3) is 0.188. The molecule has 0 saturated heterocycles. The Morgan fingerprint density at radius 3 is 2.28 bits per heavy atom. The van der Waals surface area contributed by atoms with Crippen LogP contribution in [-0.4, -0.2) is 31.3 Å². The molecule has 0 aliphatic carbocycles. The quantitative estimate of drug-likeness (QED) is 0.503. The molecule has 132 valence electrons. The Labute approximate surface area is 142 Å². The molecule has 0 fully saturated rings. The second-order valence-electron chi connectivity index (χ2n) is 5.38. The molecule has 1 heterocycles. The number of pyridine rings is 1. The lowest BCUT2D eigenvalue weighted by atomic mass is 10.1. The maximum atomic E-state index is 13.1. The minimum atomic E-state index is -4.45. The molecule has 2 aromatic rings. The monoisotopic (exact) mass is 350 g/mol. The zero-order valence-electron chi connectivity index (χ0n) is 13.6. The van der Waals surface area contributed by atoms with Crippen LogP contribution in [0.1, 0.15) is 11.1 Å². The lowest BCUT2D eigenvalue weighted by Gasteiger charge is -2.16. The molecule has 4 N–H and O–H groups in total. The van der Waals surface area contributed by atoms with Crippen LogP contribution in [0.3, 0.4) is 0 Å². The van der Waals surface area contributed by atoms with E-state index in [2.05, 4.69) is 15.2 Å². The van der Waals surface area contributed by atoms with Crippen molar-refractivity contribution in [1.82, 2.24) is 4.98 Å². The molecule has 0 bridgehead atoms. The van der Waals surface area contributed by atoms with E-state index in [1.165, 1.54) is 11.1 Å². The minimum Gasteiger partial charge on any atom is -0.369 e. The first kappa shape index (κ1) is 18.2. The summed E-state index contributed by atoms with van der Waals surface area (Å²) >= 11 is 0. The maximum Gasteiger partial charge on any atom is 0.416 e. The molecule has 0 radical (unpaired) electrons. The summed E-state index contributed by atoms with van der Waals surface area (Å²) in [5.74, 6) is 0.0560. The molecule has 1 aromatic carbocycles. The van der Waals surface area contributed by atoms with Crippen LogP contribution in [0.2, 0.25) is 0 Å². The lowest BCUT2D eigenvalue weighted by Crippen LogP contribution is -2.21. The van der Waals surface area contributed by atoms with Crippen molar-refractivity contribution in [3.63, 3.8) is 0 Å². The molecular formula is C16H17F3N6. The van der Waals surface area contributed by atoms with Crippen molar-refractivity contribution in [3.05, 3.63) is 47.5 Å². The van der Waals surface area contributed by atoms with Crippen molar-refractivity contribution in [2.75, 3.05) is 19.0 Å². The van der Waals surface area contributed by atoms with Gasteiger partial charge in [0.15, 0.2) is 0 Å². The Morgan fingerprint density at radius 2 is 1.76 bits per heavy atom. The van der Waals surface area contributed by atoms with Crippen molar-refractivity contribution >= 4 is 18.0 Å². The van der Waals surface area contributed by atoms with Crippen molar-refractivity contribution in [2.45, 2.75) is 6.18 Å². The van der Waals surface area contributed by atoms with Crippen molar-refractivity contribution in [1.29, 1.82) is 0 Å². The van der Waals surface area contributed by atoms with E-state index in [4.69, 9.17) is 11.5 Å². The van der Waals surface area contributed by atoms with E-state index in [1.54, 1.807) is 38.4 Å². The summed E-state index contributed by atoms with van der Waals surface area (Å²) in [4.78, 5) is 5.79. The highest BCUT2D eigenvalue weighted by Gasteiger charge is 2.32. The van der Waals surface area contributed by atoms with E-state index in [0.717, 1.165) is 12.1 Å². The zero-order valence-corrected chi connectivity index (χ0v) is 13.6. The topological polar surface area (TPSA) is 92.9 Å². The van der Waals surface area contributed by atoms with Crippen LogP contribution in [0.5, 0.6) is 0 Å². The number of hydrogen-bond acceptors (Lipinski definition) is 4. The van der Waals surface area contributed by atoms with Gasteiger partial charge >= 0.3 is 6.18 Å². The van der Waals surface area contributed by atoms with Gasteiger partial charge in [0, 0.05) is 19.7 Å². The molecule has 0 amide bonds. The molecule has 0 atom stereocenters. The van der Waals surface area contributed by atoms with Gasteiger partial charge in [-0.05, 0) is 17.7 Å². The predicted octanol–water partition coefficient (Wildman–Crippen LogP) is 2.44. The second kappa shape index (κ2) is 7.20. The van der Waals surface area contributed by atoms with Crippen LogP contribution in [0, 0.1) is 0 Å². The van der Waals surface area contributed by atoms with E-state index >= 15 is 0 Å². The first-order valence-electron chi connectivity index (χ1n) is 7.16. The summed E-state index contributed by atoms with van der Waals surface area (Å²) in [6.07, 6.45) is -3.02. The Kier molecular flexibility index (Phi) is 5.26. The van der Waals surface area contributed by atoms with Crippen LogP contribution in [0.15, 0.2) is 46.6 Å². The number of hydrogen-bond donors (Lipinski definition) is 2. The molecule has 6 nitrogen and oxygen atoms in total. The van der Waals surface area contributed by atoms with E-state index in [-0.39, 0.29) is 17.5 Å². The normalized spacial score (nSPS) is 11.6. The Hall–Kier alpha value is -3.10. The number of aromatic nitrogens is 1. The van der Waals surface area contributed by atoms with Gasteiger partial charge < -0.3 is 16.4 Å². The first-order valence-corrected chi connectivity index (χ1v) is 7.16. The molecule has 25 heavy (non-hydrogen) atoms. The van der Waals surface area contributed by atoms with Gasteiger partial charge in [0.1, 0.15) is 5.82 Å². The fourth-order valence-electron chi connectivity index (χ4n) is 1.96. The zero-order chi connectivity index (χ0) is 18.6. The van der Waals surface area contributed by atoms with Crippen LogP contribution >= 0.6 is 0 Å². The van der Waals surface area contributed by atoms with Gasteiger partial charge in [-0.2, -0.15) is 18.3 Å². The molecular weight excluding hydrogens is 333 g/mol. The van der Waals surface area contributed by atoms with Gasteiger partial charge in [-0.25, -0.2) is 4.98 Å². The second-order valence-corrected chi connectivity index (χ2v) is 5.38. The van der Waals surface area contributed by atoms with Gasteiger partial charge in [-0.1, -0.05) is 24.3 Å². The SMILES string of the molecule is CN(C)c1cc(C(F)(F)F)cc(-c2ccc(C=NN=C(N)N)cc2)n1. The number of guanidine groups is 1. The van der Waals surface area contributed by atoms with E-state index in [0.29, 0.717) is 11.1 Å². The molecule has 0 spiro atoms. The summed E-state index contributed by atoms with van der Waals surface area (Å²) in [7, 11) is 3.27. The predicted molar refractivity (Wildman–Crippen MR) is 92.4 cm³/mol. The van der Waals surface area contributed by atoms with E-state index < -0.39 is 11.7 Å². The summed E-state index contributed by atoms with van der Waals surface area (Å²) in [5.41, 5.74) is 11.0. The number of rotatable bonds is 4. The van der Waals surface area contributed by atoms with Crippen molar-refractivity contribution in [2.24, 2.45) is 21.7 Å². The highest BCUT2D eigenvalue weighted by atomic mass is 19.4. The average molecular weight is 350 g/mol. The molecule has 0 aliphatic heterocycles. The standard InChI is InChI=1S/C16H17F3N6/c1-25(2)14-8-12(16(17,18)19)7-13(23-14)11-5-3-10(4-6-11)9-22-24-15(20)21/h3-9H,1-2H3,(H4,20,21,24). The molecule has 1 aromatic heterocycles. The number of nitrogens with two attached hydrogens (primary N) is 2. The van der Waals surface area contributed by atoms with Crippen LogP contribution in [0.4, 0.5) is 19.0 Å². The number of halogens is 3. The average Bonchev–Trinajstić information content (AvgIpc) is 2.54. The van der Waals surface area contributed by atoms with Gasteiger partial charge in [-0.3, -0.25) is 0 Å². The van der Waals surface area contributed by atoms with Gasteiger partial charge in [0.25, 0.3) is 0 Å². The summed E-state index contributed by atoms with van der Waals surface area (Å²) in [5, 5.41) is 7.14. The molecule has 0 unspecified atom stereocenters. The third-order valence-corrected chi connectivity index (χ3v) is 3.18. The van der Waals surface area contributed by atoms with E-state index in [9.17, 15) is 13.2 Å². The lowest BCUT2D eigenvalue weighted by molar-refractivity contribution is -0.137. The summed E-state index contributed by atoms with van der Waals surface area (Å²) in [6.45, 7) is 0. The Bertz CT molecular complexity index is 791. The maximum absolute atomic E-state index is 13.1. The largest absolute Gasteiger partial charge is 0.416 e. The van der Waals surface area contributed by atoms with Crippen molar-refractivity contribution < 1.29 is 13.2 Å². The Balaban J connectivity index is 2.39. The molecule has 9 heteroatoms. The van der Waals surface area contributed by atoms with Gasteiger partial charge in [0.05, 0.1) is 17.5 Å². The third kappa shape index (κ3) is 4.93. The van der Waals surface area contributed by atoms with Crippen LogP contribution in [-0.2, 0) is 6.18 Å². The summed E-state index contributed by atoms with van der Waals surface area (Å²) in [6, 6.07) is 8.70. The third-order valence-electron chi connectivity index (χ3n) is 3.18. The smallest absolute Gasteiger partial charge is 0.369 e. The van der Waals surface area contributed by atoms with Crippen LogP contribution in [0.25, 0.3) is 11.3 Å². The fourth-order valence-corrected chi connectivity index (χ4v) is 1.96. The molecule has 2 rings (SSSR count). The Morgan fingerprint density at radius 1 is 1.12 bits per heavy atom. The number of nitrogens with zero attached hydrogens (tertiary/aromatic N) is 4. The first-order chi connectivity index (χ1) is 11.7. The number of alkyl halides is 3. The minimum absolute atomic E-state index is 0.169. The highest BCUT2D eigenvalue weighted by Crippen LogP contribution is 2.33. The van der Waals surface area contributed by atoms with Gasteiger partial charge in [-0.15, -0.1) is 5.10 Å². The van der Waals surface area contributed by atoms with Crippen LogP contribution < -0.4 is 16.4 Å². The van der Waals surface area contributed by atoms with Gasteiger partial charge in [0.2, 0.25) is 5.96 Å². The number of benzene rings is 1.